The van der Waals surface area contributed by atoms with E-state index in [1.54, 1.807) is 0 Å². The van der Waals surface area contributed by atoms with Crippen molar-refractivity contribution >= 4 is 22.4 Å². The van der Waals surface area contributed by atoms with Crippen LogP contribution in [0.15, 0.2) is 36.5 Å². The molecule has 2 N–H and O–H groups in total. The Bertz CT molecular complexity index is 539. The predicted molar refractivity (Wildman–Crippen MR) is 83.2 cm³/mol. The average Bonchev–Trinajstić information content (AvgIpc) is 2.87. The van der Waals surface area contributed by atoms with Crippen molar-refractivity contribution in [2.24, 2.45) is 0 Å². The van der Waals surface area contributed by atoms with Gasteiger partial charge in [0.15, 0.2) is 5.13 Å². The van der Waals surface area contributed by atoms with Crippen LogP contribution < -0.4 is 10.6 Å². The molecular weight excluding hydrogens is 270 g/mol. The maximum absolute atomic E-state index is 11.7. The number of anilines is 1. The summed E-state index contributed by atoms with van der Waals surface area (Å²) >= 11 is 1.54. The highest BCUT2D eigenvalue weighted by atomic mass is 32.1. The van der Waals surface area contributed by atoms with E-state index in [2.05, 4.69) is 27.8 Å². The predicted octanol–water partition coefficient (Wildman–Crippen LogP) is 2.67. The fraction of sp³-hybridized carbons (Fsp3) is 0.333. The smallest absolute Gasteiger partial charge is 0.226 e. The molecule has 0 aliphatic carbocycles. The Balaban J connectivity index is 1.84. The Kier molecular flexibility index (Phi) is 5.70. The number of carbonyl (C=O) groups excluding carboxylic acids is 1. The van der Waals surface area contributed by atoms with Crippen LogP contribution in [-0.2, 0) is 11.2 Å². The molecule has 1 amide bonds. The summed E-state index contributed by atoms with van der Waals surface area (Å²) in [5.74, 6) is 0.0286. The Morgan fingerprint density at radius 2 is 2.10 bits per heavy atom. The minimum absolute atomic E-state index is 0.0286. The summed E-state index contributed by atoms with van der Waals surface area (Å²) in [6, 6.07) is 10.3. The van der Waals surface area contributed by atoms with Crippen LogP contribution in [0.3, 0.4) is 0 Å². The SMILES string of the molecule is CNCCCC(=O)Nc1ncc(Cc2ccccc2)s1. The van der Waals surface area contributed by atoms with Crippen LogP contribution in [0.5, 0.6) is 0 Å². The molecule has 0 bridgehead atoms. The molecule has 0 aliphatic rings. The second-order valence-electron chi connectivity index (χ2n) is 4.55. The lowest BCUT2D eigenvalue weighted by Crippen LogP contribution is -2.14. The summed E-state index contributed by atoms with van der Waals surface area (Å²) in [4.78, 5) is 17.1. The number of benzene rings is 1. The van der Waals surface area contributed by atoms with Gasteiger partial charge in [-0.05, 0) is 25.6 Å². The van der Waals surface area contributed by atoms with E-state index in [0.29, 0.717) is 11.6 Å². The first-order valence-electron chi connectivity index (χ1n) is 6.71. The maximum atomic E-state index is 11.7. The summed E-state index contributed by atoms with van der Waals surface area (Å²) in [5.41, 5.74) is 1.25. The van der Waals surface area contributed by atoms with Gasteiger partial charge in [-0.15, -0.1) is 11.3 Å². The molecule has 0 unspecified atom stereocenters. The largest absolute Gasteiger partial charge is 0.320 e. The Morgan fingerprint density at radius 1 is 1.30 bits per heavy atom. The van der Waals surface area contributed by atoms with Gasteiger partial charge >= 0.3 is 0 Å². The normalized spacial score (nSPS) is 10.4. The first-order chi connectivity index (χ1) is 9.78. The molecule has 1 heterocycles. The highest BCUT2D eigenvalue weighted by Crippen LogP contribution is 2.21. The Hall–Kier alpha value is -1.72. The molecule has 1 aromatic heterocycles. The average molecular weight is 289 g/mol. The summed E-state index contributed by atoms with van der Waals surface area (Å²) in [6.07, 6.45) is 4.05. The zero-order valence-electron chi connectivity index (χ0n) is 11.6. The molecule has 0 radical (unpaired) electrons. The summed E-state index contributed by atoms with van der Waals surface area (Å²) in [7, 11) is 1.88. The van der Waals surface area contributed by atoms with Crippen LogP contribution in [0.4, 0.5) is 5.13 Å². The van der Waals surface area contributed by atoms with Crippen molar-refractivity contribution in [2.45, 2.75) is 19.3 Å². The third kappa shape index (κ3) is 4.75. The van der Waals surface area contributed by atoms with Gasteiger partial charge in [0.05, 0.1) is 0 Å². The van der Waals surface area contributed by atoms with Gasteiger partial charge in [-0.3, -0.25) is 4.79 Å². The first-order valence-corrected chi connectivity index (χ1v) is 7.52. The molecule has 1 aromatic carbocycles. The van der Waals surface area contributed by atoms with Crippen molar-refractivity contribution in [1.29, 1.82) is 0 Å². The summed E-state index contributed by atoms with van der Waals surface area (Å²) in [5, 5.41) is 6.56. The van der Waals surface area contributed by atoms with Crippen molar-refractivity contribution in [3.05, 3.63) is 47.0 Å². The second-order valence-corrected chi connectivity index (χ2v) is 5.66. The third-order valence-electron chi connectivity index (χ3n) is 2.85. The van der Waals surface area contributed by atoms with E-state index in [1.165, 1.54) is 16.9 Å². The number of nitrogens with one attached hydrogen (secondary N) is 2. The van der Waals surface area contributed by atoms with E-state index in [4.69, 9.17) is 0 Å². The molecule has 0 fully saturated rings. The van der Waals surface area contributed by atoms with E-state index < -0.39 is 0 Å². The van der Waals surface area contributed by atoms with E-state index in [-0.39, 0.29) is 5.91 Å². The Morgan fingerprint density at radius 3 is 2.85 bits per heavy atom. The molecule has 2 aromatic rings. The lowest BCUT2D eigenvalue weighted by molar-refractivity contribution is -0.116. The fourth-order valence-corrected chi connectivity index (χ4v) is 2.71. The standard InChI is InChI=1S/C15H19N3OS/c1-16-9-5-8-14(19)18-15-17-11-13(20-15)10-12-6-3-2-4-7-12/h2-4,6-7,11,16H,5,8-10H2,1H3,(H,17,18,19). The van der Waals surface area contributed by atoms with Gasteiger partial charge in [0.1, 0.15) is 0 Å². The number of rotatable bonds is 7. The molecule has 0 saturated carbocycles. The third-order valence-corrected chi connectivity index (χ3v) is 3.76. The van der Waals surface area contributed by atoms with E-state index in [0.717, 1.165) is 24.3 Å². The topological polar surface area (TPSA) is 54.0 Å². The van der Waals surface area contributed by atoms with Gasteiger partial charge in [0, 0.05) is 23.9 Å². The van der Waals surface area contributed by atoms with Gasteiger partial charge in [-0.1, -0.05) is 30.3 Å². The lowest BCUT2D eigenvalue weighted by atomic mass is 10.1. The highest BCUT2D eigenvalue weighted by molar-refractivity contribution is 7.15. The number of thiazole rings is 1. The monoisotopic (exact) mass is 289 g/mol. The number of hydrogen-bond donors (Lipinski definition) is 2. The Labute approximate surface area is 123 Å². The van der Waals surface area contributed by atoms with Crippen LogP contribution in [0.1, 0.15) is 23.3 Å². The van der Waals surface area contributed by atoms with Gasteiger partial charge in [0.25, 0.3) is 0 Å². The van der Waals surface area contributed by atoms with Crippen molar-refractivity contribution < 1.29 is 4.79 Å². The van der Waals surface area contributed by atoms with Crippen LogP contribution in [0.2, 0.25) is 0 Å². The van der Waals surface area contributed by atoms with E-state index in [1.807, 2.05) is 31.4 Å². The molecular formula is C15H19N3OS. The van der Waals surface area contributed by atoms with Gasteiger partial charge in [0.2, 0.25) is 5.91 Å². The number of nitrogens with zero attached hydrogens (tertiary/aromatic N) is 1. The fourth-order valence-electron chi connectivity index (χ4n) is 1.85. The van der Waals surface area contributed by atoms with Crippen molar-refractivity contribution in [1.82, 2.24) is 10.3 Å². The lowest BCUT2D eigenvalue weighted by Gasteiger charge is -2.01. The second kappa shape index (κ2) is 7.77. The van der Waals surface area contributed by atoms with E-state index in [9.17, 15) is 4.79 Å². The van der Waals surface area contributed by atoms with Crippen molar-refractivity contribution in [3.63, 3.8) is 0 Å². The van der Waals surface area contributed by atoms with Crippen LogP contribution >= 0.6 is 11.3 Å². The number of hydrogen-bond acceptors (Lipinski definition) is 4. The zero-order valence-corrected chi connectivity index (χ0v) is 12.4. The van der Waals surface area contributed by atoms with E-state index >= 15 is 0 Å². The van der Waals surface area contributed by atoms with Crippen LogP contribution in [0.25, 0.3) is 0 Å². The molecule has 0 atom stereocenters. The zero-order chi connectivity index (χ0) is 14.2. The maximum Gasteiger partial charge on any atom is 0.226 e. The molecule has 0 spiro atoms. The molecule has 4 nitrogen and oxygen atoms in total. The number of amides is 1. The minimum atomic E-state index is 0.0286. The number of aromatic nitrogens is 1. The van der Waals surface area contributed by atoms with Gasteiger partial charge < -0.3 is 10.6 Å². The molecule has 5 heteroatoms. The van der Waals surface area contributed by atoms with Crippen LogP contribution in [0, 0.1) is 0 Å². The molecule has 20 heavy (non-hydrogen) atoms. The summed E-state index contributed by atoms with van der Waals surface area (Å²) < 4.78 is 0. The highest BCUT2D eigenvalue weighted by Gasteiger charge is 2.06. The van der Waals surface area contributed by atoms with Crippen molar-refractivity contribution in [2.75, 3.05) is 18.9 Å². The van der Waals surface area contributed by atoms with Crippen LogP contribution in [-0.4, -0.2) is 24.5 Å². The molecule has 2 rings (SSSR count). The minimum Gasteiger partial charge on any atom is -0.320 e. The number of carbonyl (C=O) groups is 1. The molecule has 0 saturated heterocycles. The quantitative estimate of drug-likeness (QED) is 0.771. The van der Waals surface area contributed by atoms with Gasteiger partial charge in [-0.2, -0.15) is 0 Å². The van der Waals surface area contributed by atoms with Crippen molar-refractivity contribution in [3.8, 4) is 0 Å². The summed E-state index contributed by atoms with van der Waals surface area (Å²) in [6.45, 7) is 0.852. The first kappa shape index (κ1) is 14.7. The molecule has 106 valence electrons. The van der Waals surface area contributed by atoms with Gasteiger partial charge in [-0.25, -0.2) is 4.98 Å². The molecule has 0 aliphatic heterocycles.